The Bertz CT molecular complexity index is 894. The Morgan fingerprint density at radius 1 is 1.00 bits per heavy atom. The number of benzene rings is 1. The molecule has 0 amide bonds. The van der Waals surface area contributed by atoms with Crippen LogP contribution in [0.2, 0.25) is 0 Å². The number of aromatic nitrogens is 2. The lowest BCUT2D eigenvalue weighted by Gasteiger charge is -2.15. The van der Waals surface area contributed by atoms with Crippen LogP contribution in [0.15, 0.2) is 12.1 Å². The van der Waals surface area contributed by atoms with Gasteiger partial charge in [-0.2, -0.15) is 5.10 Å². The van der Waals surface area contributed by atoms with Crippen molar-refractivity contribution in [2.24, 2.45) is 5.92 Å². The summed E-state index contributed by atoms with van der Waals surface area (Å²) in [5.41, 5.74) is 6.40. The molecule has 0 aliphatic rings. The second-order valence-corrected chi connectivity index (χ2v) is 8.15. The van der Waals surface area contributed by atoms with Crippen LogP contribution >= 0.6 is 0 Å². The van der Waals surface area contributed by atoms with E-state index >= 15 is 0 Å². The summed E-state index contributed by atoms with van der Waals surface area (Å²) in [6.45, 7) is 16.5. The predicted molar refractivity (Wildman–Crippen MR) is 111 cm³/mol. The van der Waals surface area contributed by atoms with E-state index in [1.165, 1.54) is 0 Å². The fraction of sp³-hybridized carbons (Fsp3) is 0.522. The summed E-state index contributed by atoms with van der Waals surface area (Å²) in [4.78, 5) is 25.3. The normalized spacial score (nSPS) is 12.3. The molecule has 1 heterocycles. The van der Waals surface area contributed by atoms with E-state index in [1.807, 2.05) is 51.4 Å². The average molecular weight is 385 g/mol. The number of hydrogen-bond donors (Lipinski definition) is 0. The molecule has 0 N–H and O–H groups in total. The van der Waals surface area contributed by atoms with Crippen LogP contribution in [-0.4, -0.2) is 27.6 Å². The Kier molecular flexibility index (Phi) is 6.81. The van der Waals surface area contributed by atoms with E-state index in [0.29, 0.717) is 11.5 Å². The molecule has 0 spiro atoms. The summed E-state index contributed by atoms with van der Waals surface area (Å²) in [6.07, 6.45) is -0.695. The van der Waals surface area contributed by atoms with Crippen molar-refractivity contribution in [3.63, 3.8) is 0 Å². The molecular weight excluding hydrogens is 352 g/mol. The van der Waals surface area contributed by atoms with Crippen LogP contribution in [0, 0.1) is 40.5 Å². The van der Waals surface area contributed by atoms with E-state index in [1.54, 1.807) is 6.92 Å². The number of rotatable bonds is 7. The smallest absolute Gasteiger partial charge is 0.311 e. The largest absolute Gasteiger partial charge is 0.454 e. The second-order valence-electron chi connectivity index (χ2n) is 8.15. The molecule has 2 aromatic rings. The van der Waals surface area contributed by atoms with Crippen molar-refractivity contribution >= 4 is 11.8 Å². The minimum atomic E-state index is -0.820. The van der Waals surface area contributed by atoms with E-state index in [2.05, 4.69) is 18.9 Å². The number of aryl methyl sites for hydroxylation is 4. The zero-order chi connectivity index (χ0) is 21.2. The number of carbonyl (C=O) groups is 2. The molecule has 1 aromatic carbocycles. The standard InChI is InChI=1S/C23H32N2O3/c1-13(2)12-25-18(7)21(17(6)24-25)11-22(26)28-19(8)23(27)20-10-15(4)14(3)9-16(20)5/h9-10,13,19H,11-12H2,1-8H3. The highest BCUT2D eigenvalue weighted by molar-refractivity contribution is 6.01. The van der Waals surface area contributed by atoms with Gasteiger partial charge >= 0.3 is 5.97 Å². The Morgan fingerprint density at radius 2 is 1.61 bits per heavy atom. The third-order valence-electron chi connectivity index (χ3n) is 5.17. The molecule has 0 fully saturated rings. The van der Waals surface area contributed by atoms with Gasteiger partial charge in [-0.15, -0.1) is 0 Å². The number of Topliss-reactive ketones (excluding diaryl/α,β-unsaturated/α-hetero) is 1. The first-order chi connectivity index (χ1) is 13.0. The first-order valence-corrected chi connectivity index (χ1v) is 9.85. The van der Waals surface area contributed by atoms with Gasteiger partial charge in [-0.1, -0.05) is 19.9 Å². The van der Waals surface area contributed by atoms with Crippen molar-refractivity contribution in [3.8, 4) is 0 Å². The van der Waals surface area contributed by atoms with Crippen LogP contribution in [0.4, 0.5) is 0 Å². The highest BCUT2D eigenvalue weighted by Gasteiger charge is 2.23. The van der Waals surface area contributed by atoms with Crippen molar-refractivity contribution in [2.45, 2.75) is 74.5 Å². The molecule has 0 aliphatic carbocycles. The van der Waals surface area contributed by atoms with Gasteiger partial charge in [0.1, 0.15) is 0 Å². The molecular formula is C23H32N2O3. The Balaban J connectivity index is 2.10. The molecule has 5 heteroatoms. The maximum Gasteiger partial charge on any atom is 0.311 e. The van der Waals surface area contributed by atoms with Crippen molar-refractivity contribution in [2.75, 3.05) is 0 Å². The van der Waals surface area contributed by atoms with E-state index < -0.39 is 12.1 Å². The first-order valence-electron chi connectivity index (χ1n) is 9.85. The quantitative estimate of drug-likeness (QED) is 0.523. The lowest BCUT2D eigenvalue weighted by molar-refractivity contribution is -0.145. The van der Waals surface area contributed by atoms with Gasteiger partial charge in [0.05, 0.1) is 12.1 Å². The highest BCUT2D eigenvalue weighted by Crippen LogP contribution is 2.19. The number of carbonyl (C=O) groups excluding carboxylic acids is 2. The molecule has 152 valence electrons. The molecule has 28 heavy (non-hydrogen) atoms. The number of hydrogen-bond acceptors (Lipinski definition) is 4. The van der Waals surface area contributed by atoms with Crippen LogP contribution < -0.4 is 0 Å². The van der Waals surface area contributed by atoms with Crippen LogP contribution in [0.25, 0.3) is 0 Å². The van der Waals surface area contributed by atoms with Crippen molar-refractivity contribution in [3.05, 3.63) is 51.3 Å². The number of esters is 1. The summed E-state index contributed by atoms with van der Waals surface area (Å²) in [6, 6.07) is 3.87. The molecule has 1 atom stereocenters. The van der Waals surface area contributed by atoms with E-state index in [9.17, 15) is 9.59 Å². The minimum absolute atomic E-state index is 0.124. The lowest BCUT2D eigenvalue weighted by atomic mass is 9.96. The topological polar surface area (TPSA) is 61.2 Å². The Labute approximate surface area is 168 Å². The molecule has 1 aromatic heterocycles. The third kappa shape index (κ3) is 4.89. The summed E-state index contributed by atoms with van der Waals surface area (Å²) in [5.74, 6) is -0.104. The zero-order valence-electron chi connectivity index (χ0n) is 18.3. The minimum Gasteiger partial charge on any atom is -0.454 e. The fourth-order valence-corrected chi connectivity index (χ4v) is 3.40. The van der Waals surface area contributed by atoms with Gasteiger partial charge in [0.25, 0.3) is 0 Å². The molecule has 0 saturated heterocycles. The molecule has 0 bridgehead atoms. The van der Waals surface area contributed by atoms with Crippen LogP contribution in [0.5, 0.6) is 0 Å². The van der Waals surface area contributed by atoms with Crippen LogP contribution in [0.3, 0.4) is 0 Å². The summed E-state index contributed by atoms with van der Waals surface area (Å²) < 4.78 is 7.41. The van der Waals surface area contributed by atoms with Gasteiger partial charge in [-0.25, -0.2) is 0 Å². The molecule has 0 radical (unpaired) electrons. The Hall–Kier alpha value is -2.43. The van der Waals surface area contributed by atoms with Crippen LogP contribution in [0.1, 0.15) is 64.8 Å². The number of ether oxygens (including phenoxy) is 1. The Morgan fingerprint density at radius 3 is 2.21 bits per heavy atom. The van der Waals surface area contributed by atoms with Gasteiger partial charge in [-0.05, 0) is 70.2 Å². The summed E-state index contributed by atoms with van der Waals surface area (Å²) in [5, 5.41) is 4.54. The van der Waals surface area contributed by atoms with Gasteiger partial charge < -0.3 is 4.74 Å². The molecule has 0 aliphatic heterocycles. The summed E-state index contributed by atoms with van der Waals surface area (Å²) in [7, 11) is 0. The molecule has 5 nitrogen and oxygen atoms in total. The van der Waals surface area contributed by atoms with Gasteiger partial charge in [0.15, 0.2) is 6.10 Å². The number of ketones is 1. The average Bonchev–Trinajstić information content (AvgIpc) is 2.84. The lowest BCUT2D eigenvalue weighted by Crippen LogP contribution is -2.26. The maximum atomic E-state index is 12.8. The molecule has 1 unspecified atom stereocenters. The van der Waals surface area contributed by atoms with Crippen molar-refractivity contribution < 1.29 is 14.3 Å². The predicted octanol–water partition coefficient (Wildman–Crippen LogP) is 4.44. The van der Waals surface area contributed by atoms with E-state index in [0.717, 1.165) is 40.2 Å². The SMILES string of the molecule is Cc1cc(C)c(C(=O)C(C)OC(=O)Cc2c(C)nn(CC(C)C)c2C)cc1C. The van der Waals surface area contributed by atoms with E-state index in [4.69, 9.17) is 4.74 Å². The van der Waals surface area contributed by atoms with Crippen LogP contribution in [-0.2, 0) is 22.5 Å². The van der Waals surface area contributed by atoms with E-state index in [-0.39, 0.29) is 12.2 Å². The van der Waals surface area contributed by atoms with Crippen molar-refractivity contribution in [1.82, 2.24) is 9.78 Å². The molecule has 2 rings (SSSR count). The second kappa shape index (κ2) is 8.72. The van der Waals surface area contributed by atoms with Gasteiger partial charge in [-0.3, -0.25) is 14.3 Å². The highest BCUT2D eigenvalue weighted by atomic mass is 16.5. The fourth-order valence-electron chi connectivity index (χ4n) is 3.40. The van der Waals surface area contributed by atoms with Gasteiger partial charge in [0, 0.05) is 23.4 Å². The summed E-state index contributed by atoms with van der Waals surface area (Å²) >= 11 is 0. The monoisotopic (exact) mass is 384 g/mol. The van der Waals surface area contributed by atoms with Gasteiger partial charge in [0.2, 0.25) is 5.78 Å². The number of nitrogens with zero attached hydrogens (tertiary/aromatic N) is 2. The zero-order valence-corrected chi connectivity index (χ0v) is 18.3. The molecule has 0 saturated carbocycles. The first kappa shape index (κ1) is 21.9. The maximum absolute atomic E-state index is 12.8. The van der Waals surface area contributed by atoms with Crippen molar-refractivity contribution in [1.29, 1.82) is 0 Å². The third-order valence-corrected chi connectivity index (χ3v) is 5.17.